The van der Waals surface area contributed by atoms with Crippen molar-refractivity contribution in [2.24, 2.45) is 0 Å². The minimum absolute atomic E-state index is 0.289. The minimum atomic E-state index is -0.396. The van der Waals surface area contributed by atoms with Crippen LogP contribution in [0, 0.1) is 5.82 Å². The molecule has 1 N–H and O–H groups in total. The summed E-state index contributed by atoms with van der Waals surface area (Å²) in [4.78, 5) is 2.26. The zero-order chi connectivity index (χ0) is 19.1. The van der Waals surface area contributed by atoms with Crippen molar-refractivity contribution in [2.45, 2.75) is 0 Å². The van der Waals surface area contributed by atoms with Crippen molar-refractivity contribution in [3.05, 3.63) is 60.2 Å². The maximum absolute atomic E-state index is 13.2. The van der Waals surface area contributed by atoms with E-state index in [0.717, 1.165) is 5.69 Å². The molecule has 0 aliphatic carbocycles. The molecule has 0 atom stereocenters. The van der Waals surface area contributed by atoms with Crippen LogP contribution in [0.15, 0.2) is 48.8 Å². The SMILES string of the molecule is COCCNC(=S)/C(=C(\[O-])c1ccc(F)cc1)[n+]1ccc(N(C)C)cc1. The molecule has 1 aromatic carbocycles. The Morgan fingerprint density at radius 2 is 1.81 bits per heavy atom. The summed E-state index contributed by atoms with van der Waals surface area (Å²) in [5.74, 6) is -0.686. The summed E-state index contributed by atoms with van der Waals surface area (Å²) in [7, 11) is 5.46. The quantitative estimate of drug-likeness (QED) is 0.261. The molecule has 2 aromatic rings. The number of rotatable bonds is 7. The molecule has 0 spiro atoms. The van der Waals surface area contributed by atoms with E-state index in [4.69, 9.17) is 17.0 Å². The van der Waals surface area contributed by atoms with Gasteiger partial charge in [-0.15, -0.1) is 0 Å². The molecule has 1 aromatic heterocycles. The van der Waals surface area contributed by atoms with Gasteiger partial charge in [-0.05, 0) is 23.5 Å². The van der Waals surface area contributed by atoms with Crippen LogP contribution >= 0.6 is 12.2 Å². The van der Waals surface area contributed by atoms with E-state index in [0.29, 0.717) is 29.4 Å². The maximum Gasteiger partial charge on any atom is 0.237 e. The highest BCUT2D eigenvalue weighted by Crippen LogP contribution is 2.16. The Labute approximate surface area is 158 Å². The summed E-state index contributed by atoms with van der Waals surface area (Å²) in [6, 6.07) is 9.18. The normalized spacial score (nSPS) is 11.7. The number of ether oxygens (including phenoxy) is 1. The molecule has 0 saturated carbocycles. The number of anilines is 1. The second-order valence-corrected chi connectivity index (χ2v) is 6.20. The lowest BCUT2D eigenvalue weighted by Gasteiger charge is -2.17. The molecule has 0 radical (unpaired) electrons. The van der Waals surface area contributed by atoms with Crippen molar-refractivity contribution >= 4 is 34.3 Å². The van der Waals surface area contributed by atoms with Crippen molar-refractivity contribution < 1.29 is 18.8 Å². The molecular weight excluding hydrogens is 353 g/mol. The number of halogens is 1. The van der Waals surface area contributed by atoms with Crippen molar-refractivity contribution in [3.63, 3.8) is 0 Å². The number of nitrogens with one attached hydrogen (secondary N) is 1. The summed E-state index contributed by atoms with van der Waals surface area (Å²) in [5, 5.41) is 16.0. The first-order valence-electron chi connectivity index (χ1n) is 8.07. The van der Waals surface area contributed by atoms with E-state index in [1.54, 1.807) is 24.1 Å². The van der Waals surface area contributed by atoms with E-state index in [1.165, 1.54) is 24.3 Å². The van der Waals surface area contributed by atoms with E-state index >= 15 is 0 Å². The van der Waals surface area contributed by atoms with Crippen molar-refractivity contribution in [1.29, 1.82) is 0 Å². The number of pyridine rings is 1. The lowest BCUT2D eigenvalue weighted by atomic mass is 10.1. The summed E-state index contributed by atoms with van der Waals surface area (Å²) >= 11 is 5.43. The largest absolute Gasteiger partial charge is 0.867 e. The monoisotopic (exact) mass is 375 g/mol. The Morgan fingerprint density at radius 1 is 1.19 bits per heavy atom. The van der Waals surface area contributed by atoms with Crippen LogP contribution < -0.4 is 19.9 Å². The van der Waals surface area contributed by atoms with Gasteiger partial charge in [-0.2, -0.15) is 4.57 Å². The predicted octanol–water partition coefficient (Wildman–Crippen LogP) is 1.43. The Morgan fingerprint density at radius 3 is 2.35 bits per heavy atom. The van der Waals surface area contributed by atoms with Gasteiger partial charge in [0, 0.05) is 45.6 Å². The molecule has 2 rings (SSSR count). The molecule has 0 bridgehead atoms. The van der Waals surface area contributed by atoms with Gasteiger partial charge in [0.05, 0.1) is 6.61 Å². The molecule has 7 heteroatoms. The summed E-state index contributed by atoms with van der Waals surface area (Å²) in [6.45, 7) is 0.939. The van der Waals surface area contributed by atoms with Gasteiger partial charge in [-0.25, -0.2) is 4.39 Å². The standard InChI is InChI=1S/C19H22FN3O2S/c1-22(2)16-8-11-23(12-9-16)17(19(26)21-10-13-25-3)18(24)14-4-6-15(20)7-5-14/h4-9,11-12H,10,13H2,1-3H3,(H-,21,24,26). The Hall–Kier alpha value is -2.51. The number of hydrogen-bond donors (Lipinski definition) is 1. The van der Waals surface area contributed by atoms with E-state index in [2.05, 4.69) is 5.32 Å². The van der Waals surface area contributed by atoms with Crippen molar-refractivity contribution in [3.8, 4) is 0 Å². The number of methoxy groups -OCH3 is 1. The van der Waals surface area contributed by atoms with Crippen LogP contribution in [0.4, 0.5) is 10.1 Å². The summed E-state index contributed by atoms with van der Waals surface area (Å²) in [5.41, 5.74) is 1.66. The lowest BCUT2D eigenvalue weighted by Crippen LogP contribution is -2.43. The first kappa shape index (κ1) is 19.8. The highest BCUT2D eigenvalue weighted by Gasteiger charge is 2.18. The van der Waals surface area contributed by atoms with Gasteiger partial charge < -0.3 is 20.1 Å². The number of thiocarbonyl (C=S) groups is 1. The number of benzene rings is 1. The van der Waals surface area contributed by atoms with E-state index in [1.807, 2.05) is 31.1 Å². The highest BCUT2D eigenvalue weighted by molar-refractivity contribution is 7.81. The van der Waals surface area contributed by atoms with Crippen LogP contribution in [0.25, 0.3) is 11.5 Å². The topological polar surface area (TPSA) is 51.4 Å². The number of nitrogens with zero attached hydrogens (tertiary/aromatic N) is 2. The third-order valence-electron chi connectivity index (χ3n) is 3.71. The van der Waals surface area contributed by atoms with Gasteiger partial charge in [0.1, 0.15) is 5.82 Å². The first-order chi connectivity index (χ1) is 12.4. The second-order valence-electron chi connectivity index (χ2n) is 5.79. The Balaban J connectivity index is 2.45. The fourth-order valence-corrected chi connectivity index (χ4v) is 2.59. The minimum Gasteiger partial charge on any atom is -0.867 e. The van der Waals surface area contributed by atoms with Crippen LogP contribution in [0.3, 0.4) is 0 Å². The number of aromatic nitrogens is 1. The van der Waals surface area contributed by atoms with Gasteiger partial charge in [-0.3, -0.25) is 0 Å². The van der Waals surface area contributed by atoms with Crippen molar-refractivity contribution in [2.75, 3.05) is 39.3 Å². The molecule has 0 saturated heterocycles. The molecule has 0 fully saturated rings. The highest BCUT2D eigenvalue weighted by atomic mass is 32.1. The predicted molar refractivity (Wildman–Crippen MR) is 103 cm³/mol. The first-order valence-corrected chi connectivity index (χ1v) is 8.48. The fourth-order valence-electron chi connectivity index (χ4n) is 2.29. The molecule has 5 nitrogen and oxygen atoms in total. The molecular formula is C19H22FN3O2S. The summed E-state index contributed by atoms with van der Waals surface area (Å²) < 4.78 is 19.9. The third-order valence-corrected chi connectivity index (χ3v) is 4.05. The van der Waals surface area contributed by atoms with Crippen LogP contribution in [-0.2, 0) is 4.74 Å². The molecule has 138 valence electrons. The van der Waals surface area contributed by atoms with Crippen LogP contribution in [-0.4, -0.2) is 39.3 Å². The molecule has 0 aliphatic rings. The molecule has 1 heterocycles. The molecule has 0 unspecified atom stereocenters. The Bertz CT molecular complexity index is 774. The van der Waals surface area contributed by atoms with E-state index in [-0.39, 0.29) is 5.76 Å². The van der Waals surface area contributed by atoms with Gasteiger partial charge in [0.15, 0.2) is 17.4 Å². The molecule has 0 amide bonds. The van der Waals surface area contributed by atoms with Gasteiger partial charge >= 0.3 is 0 Å². The van der Waals surface area contributed by atoms with E-state index < -0.39 is 5.82 Å². The van der Waals surface area contributed by atoms with Gasteiger partial charge in [0.25, 0.3) is 0 Å². The second kappa shape index (κ2) is 9.26. The van der Waals surface area contributed by atoms with Crippen LogP contribution in [0.1, 0.15) is 5.56 Å². The van der Waals surface area contributed by atoms with Crippen LogP contribution in [0.2, 0.25) is 0 Å². The number of hydrogen-bond acceptors (Lipinski definition) is 4. The summed E-state index contributed by atoms with van der Waals surface area (Å²) in [6.07, 6.45) is 3.55. The average Bonchev–Trinajstić information content (AvgIpc) is 2.63. The Kier molecular flexibility index (Phi) is 7.06. The fraction of sp³-hybridized carbons (Fsp3) is 0.263. The van der Waals surface area contributed by atoms with Crippen LogP contribution in [0.5, 0.6) is 0 Å². The van der Waals surface area contributed by atoms with E-state index in [9.17, 15) is 9.50 Å². The smallest absolute Gasteiger partial charge is 0.237 e. The lowest BCUT2D eigenvalue weighted by molar-refractivity contribution is -0.577. The van der Waals surface area contributed by atoms with Gasteiger partial charge in [-0.1, -0.05) is 24.4 Å². The zero-order valence-electron chi connectivity index (χ0n) is 15.0. The average molecular weight is 375 g/mol. The third kappa shape index (κ3) is 5.00. The maximum atomic E-state index is 13.2. The van der Waals surface area contributed by atoms with Crippen molar-refractivity contribution in [1.82, 2.24) is 5.32 Å². The zero-order valence-corrected chi connectivity index (χ0v) is 15.8. The molecule has 26 heavy (non-hydrogen) atoms. The molecule has 0 aliphatic heterocycles. The van der Waals surface area contributed by atoms with Gasteiger partial charge in [0.2, 0.25) is 5.70 Å².